The zero-order chi connectivity index (χ0) is 8.10. The molecule has 1 heterocycles. The van der Waals surface area contributed by atoms with Crippen LogP contribution in [0.15, 0.2) is 18.5 Å². The van der Waals surface area contributed by atoms with Gasteiger partial charge in [-0.15, -0.1) is 0 Å². The van der Waals surface area contributed by atoms with Gasteiger partial charge in [0.1, 0.15) is 0 Å². The van der Waals surface area contributed by atoms with E-state index in [1.807, 2.05) is 19.1 Å². The molecule has 1 aromatic heterocycles. The molecule has 0 spiro atoms. The molecule has 58 valence electrons. The first-order valence-electron chi connectivity index (χ1n) is 3.49. The summed E-state index contributed by atoms with van der Waals surface area (Å²) in [6.45, 7) is 1.96. The van der Waals surface area contributed by atoms with E-state index in [-0.39, 0.29) is 0 Å². The van der Waals surface area contributed by atoms with Gasteiger partial charge < -0.3 is 5.32 Å². The molecule has 0 radical (unpaired) electrons. The van der Waals surface area contributed by atoms with Crippen LogP contribution in [0.2, 0.25) is 0 Å². The third-order valence-corrected chi connectivity index (χ3v) is 1.25. The lowest BCUT2D eigenvalue weighted by Gasteiger charge is -1.96. The first-order valence-corrected chi connectivity index (χ1v) is 3.49. The Labute approximate surface area is 66.2 Å². The van der Waals surface area contributed by atoms with E-state index in [2.05, 4.69) is 15.3 Å². The molecule has 0 aliphatic carbocycles. The predicted molar refractivity (Wildman–Crippen MR) is 46.3 cm³/mol. The van der Waals surface area contributed by atoms with Crippen LogP contribution >= 0.6 is 0 Å². The number of allylic oxidation sites excluding steroid dienone is 1. The average Bonchev–Trinajstić information content (AvgIpc) is 2.07. The normalized spacial score (nSPS) is 10.4. The van der Waals surface area contributed by atoms with Gasteiger partial charge in [-0.2, -0.15) is 0 Å². The third-order valence-electron chi connectivity index (χ3n) is 1.25. The second kappa shape index (κ2) is 3.71. The first kappa shape index (κ1) is 7.72. The molecular weight excluding hydrogens is 138 g/mol. The molecule has 0 unspecified atom stereocenters. The molecule has 1 aromatic rings. The molecule has 0 amide bonds. The fraction of sp³-hybridized carbons (Fsp3) is 0.250. The molecule has 0 saturated carbocycles. The smallest absolute Gasteiger partial charge is 0.222 e. The summed E-state index contributed by atoms with van der Waals surface area (Å²) in [6, 6.07) is 0. The van der Waals surface area contributed by atoms with Crippen LogP contribution in [-0.2, 0) is 0 Å². The minimum absolute atomic E-state index is 0.651. The van der Waals surface area contributed by atoms with E-state index in [4.69, 9.17) is 0 Å². The fourth-order valence-electron chi connectivity index (χ4n) is 0.746. The number of nitrogens with zero attached hydrogens (tertiary/aromatic N) is 2. The summed E-state index contributed by atoms with van der Waals surface area (Å²) in [5, 5.41) is 2.85. The van der Waals surface area contributed by atoms with Crippen LogP contribution in [0.5, 0.6) is 0 Å². The van der Waals surface area contributed by atoms with Crippen LogP contribution in [0, 0.1) is 0 Å². The average molecular weight is 149 g/mol. The molecule has 3 heteroatoms. The molecule has 11 heavy (non-hydrogen) atoms. The Bertz CT molecular complexity index is 238. The van der Waals surface area contributed by atoms with E-state index >= 15 is 0 Å². The van der Waals surface area contributed by atoms with Gasteiger partial charge >= 0.3 is 0 Å². The molecule has 0 aliphatic rings. The summed E-state index contributed by atoms with van der Waals surface area (Å²) in [5.41, 5.74) is 1.02. The second-order valence-corrected chi connectivity index (χ2v) is 2.09. The van der Waals surface area contributed by atoms with Crippen LogP contribution < -0.4 is 5.32 Å². The molecule has 0 aliphatic heterocycles. The summed E-state index contributed by atoms with van der Waals surface area (Å²) in [4.78, 5) is 8.08. The topological polar surface area (TPSA) is 37.8 Å². The quantitative estimate of drug-likeness (QED) is 0.693. The van der Waals surface area contributed by atoms with E-state index in [0.29, 0.717) is 5.95 Å². The van der Waals surface area contributed by atoms with Gasteiger partial charge in [0.2, 0.25) is 5.95 Å². The van der Waals surface area contributed by atoms with E-state index < -0.39 is 0 Å². The van der Waals surface area contributed by atoms with Gasteiger partial charge in [0.15, 0.2) is 0 Å². The largest absolute Gasteiger partial charge is 0.357 e. The zero-order valence-corrected chi connectivity index (χ0v) is 6.70. The van der Waals surface area contributed by atoms with Gasteiger partial charge in [-0.3, -0.25) is 0 Å². The summed E-state index contributed by atoms with van der Waals surface area (Å²) in [7, 11) is 1.80. The van der Waals surface area contributed by atoms with Gasteiger partial charge in [0.25, 0.3) is 0 Å². The van der Waals surface area contributed by atoms with Crippen molar-refractivity contribution >= 4 is 12.0 Å². The van der Waals surface area contributed by atoms with Crippen molar-refractivity contribution in [3.05, 3.63) is 24.0 Å². The number of anilines is 1. The minimum atomic E-state index is 0.651. The van der Waals surface area contributed by atoms with Crippen molar-refractivity contribution in [2.24, 2.45) is 0 Å². The lowest BCUT2D eigenvalue weighted by molar-refractivity contribution is 1.14. The first-order chi connectivity index (χ1) is 5.36. The standard InChI is InChI=1S/C8H11N3/c1-3-4-7-5-10-8(9-2)11-6-7/h3-6H,1-2H3,(H,9,10,11)/b4-3+. The predicted octanol–water partition coefficient (Wildman–Crippen LogP) is 1.55. The summed E-state index contributed by atoms with van der Waals surface area (Å²) in [5.74, 6) is 0.651. The lowest BCUT2D eigenvalue weighted by atomic mass is 10.3. The van der Waals surface area contributed by atoms with Crippen LogP contribution in [0.4, 0.5) is 5.95 Å². The third kappa shape index (κ3) is 2.04. The Hall–Kier alpha value is -1.38. The lowest BCUT2D eigenvalue weighted by Crippen LogP contribution is -1.94. The van der Waals surface area contributed by atoms with Crippen molar-refractivity contribution in [2.45, 2.75) is 6.92 Å². The van der Waals surface area contributed by atoms with Crippen LogP contribution in [0.3, 0.4) is 0 Å². The number of nitrogens with one attached hydrogen (secondary N) is 1. The SMILES string of the molecule is C/C=C/c1cnc(NC)nc1. The Morgan fingerprint density at radius 3 is 2.45 bits per heavy atom. The fourth-order valence-corrected chi connectivity index (χ4v) is 0.746. The Kier molecular flexibility index (Phi) is 2.60. The number of aromatic nitrogens is 2. The van der Waals surface area contributed by atoms with Crippen LogP contribution in [0.25, 0.3) is 6.08 Å². The Morgan fingerprint density at radius 2 is 2.00 bits per heavy atom. The van der Waals surface area contributed by atoms with Crippen molar-refractivity contribution in [2.75, 3.05) is 12.4 Å². The summed E-state index contributed by atoms with van der Waals surface area (Å²) in [6.07, 6.45) is 7.47. The maximum Gasteiger partial charge on any atom is 0.222 e. The zero-order valence-electron chi connectivity index (χ0n) is 6.70. The monoisotopic (exact) mass is 149 g/mol. The van der Waals surface area contributed by atoms with E-state index in [1.54, 1.807) is 19.4 Å². The molecule has 1 N–H and O–H groups in total. The number of hydrogen-bond acceptors (Lipinski definition) is 3. The highest BCUT2D eigenvalue weighted by Crippen LogP contribution is 2.00. The Balaban J connectivity index is 2.82. The van der Waals surface area contributed by atoms with Crippen LogP contribution in [-0.4, -0.2) is 17.0 Å². The van der Waals surface area contributed by atoms with Crippen molar-refractivity contribution < 1.29 is 0 Å². The molecule has 0 saturated heterocycles. The van der Waals surface area contributed by atoms with Gasteiger partial charge in [-0.05, 0) is 6.92 Å². The van der Waals surface area contributed by atoms with Crippen molar-refractivity contribution in [1.29, 1.82) is 0 Å². The highest BCUT2D eigenvalue weighted by atomic mass is 15.1. The number of hydrogen-bond donors (Lipinski definition) is 1. The highest BCUT2D eigenvalue weighted by Gasteiger charge is 1.89. The molecular formula is C8H11N3. The number of rotatable bonds is 2. The van der Waals surface area contributed by atoms with Crippen LogP contribution in [0.1, 0.15) is 12.5 Å². The molecule has 3 nitrogen and oxygen atoms in total. The van der Waals surface area contributed by atoms with Crippen molar-refractivity contribution in [3.8, 4) is 0 Å². The molecule has 0 fully saturated rings. The maximum absolute atomic E-state index is 4.04. The summed E-state index contributed by atoms with van der Waals surface area (Å²) >= 11 is 0. The minimum Gasteiger partial charge on any atom is -0.357 e. The summed E-state index contributed by atoms with van der Waals surface area (Å²) < 4.78 is 0. The van der Waals surface area contributed by atoms with Gasteiger partial charge in [-0.1, -0.05) is 12.2 Å². The van der Waals surface area contributed by atoms with Gasteiger partial charge in [-0.25, -0.2) is 9.97 Å². The van der Waals surface area contributed by atoms with Crippen molar-refractivity contribution in [3.63, 3.8) is 0 Å². The van der Waals surface area contributed by atoms with Crippen molar-refractivity contribution in [1.82, 2.24) is 9.97 Å². The second-order valence-electron chi connectivity index (χ2n) is 2.09. The van der Waals surface area contributed by atoms with E-state index in [0.717, 1.165) is 5.56 Å². The Morgan fingerprint density at radius 1 is 1.36 bits per heavy atom. The molecule has 1 rings (SSSR count). The molecule has 0 atom stereocenters. The molecule has 0 bridgehead atoms. The highest BCUT2D eigenvalue weighted by molar-refractivity contribution is 5.46. The molecule has 0 aromatic carbocycles. The van der Waals surface area contributed by atoms with E-state index in [1.165, 1.54) is 0 Å². The van der Waals surface area contributed by atoms with Gasteiger partial charge in [0, 0.05) is 25.0 Å². The van der Waals surface area contributed by atoms with Gasteiger partial charge in [0.05, 0.1) is 0 Å². The maximum atomic E-state index is 4.04. The van der Waals surface area contributed by atoms with E-state index in [9.17, 15) is 0 Å².